The first-order valence-corrected chi connectivity index (χ1v) is 3.06. The van der Waals surface area contributed by atoms with Crippen LogP contribution in [-0.4, -0.2) is 22.7 Å². The zero-order valence-electron chi connectivity index (χ0n) is 4.05. The van der Waals surface area contributed by atoms with E-state index in [0.29, 0.717) is 0 Å². The average Bonchev–Trinajstić information content (AvgIpc) is 1.65. The van der Waals surface area contributed by atoms with Gasteiger partial charge in [-0.15, -0.1) is 0 Å². The third-order valence-electron chi connectivity index (χ3n) is 0.560. The molecule has 42 valence electrons. The Morgan fingerprint density at radius 1 is 2.00 bits per heavy atom. The lowest BCUT2D eigenvalue weighted by atomic mass is 10.7. The zero-order chi connectivity index (χ0) is 5.86. The predicted molar refractivity (Wildman–Crippen MR) is 27.8 cm³/mol. The van der Waals surface area contributed by atoms with E-state index in [9.17, 15) is 4.79 Å². The van der Waals surface area contributed by atoms with E-state index in [2.05, 4.69) is 5.73 Å². The predicted octanol–water partition coefficient (Wildman–Crippen LogP) is -0.998. The minimum atomic E-state index is -0.854. The van der Waals surface area contributed by atoms with Crippen molar-refractivity contribution in [3.63, 3.8) is 0 Å². The van der Waals surface area contributed by atoms with Gasteiger partial charge in [0.2, 0.25) is 5.37 Å². The highest BCUT2D eigenvalue weighted by atomic mass is 32.2. The average molecular weight is 122 g/mol. The molecule has 0 heterocycles. The van der Waals surface area contributed by atoms with Crippen molar-refractivity contribution in [1.29, 1.82) is 0 Å². The van der Waals surface area contributed by atoms with Crippen LogP contribution in [-0.2, 0) is 4.79 Å². The smallest absolute Gasteiger partial charge is 0.373 e. The molecule has 0 rings (SSSR count). The van der Waals surface area contributed by atoms with Crippen LogP contribution in [0.3, 0.4) is 0 Å². The summed E-state index contributed by atoms with van der Waals surface area (Å²) in [5.74, 6) is -0.854. The number of aliphatic carboxylic acids is 1. The second-order valence-electron chi connectivity index (χ2n) is 1.06. The fourth-order valence-corrected chi connectivity index (χ4v) is 0.302. The first-order valence-electron chi connectivity index (χ1n) is 1.77. The molecule has 0 saturated carbocycles. The molecular formula is C3H8NO2S+. The maximum absolute atomic E-state index is 9.85. The second kappa shape index (κ2) is 2.87. The number of carbonyl (C=O) groups is 1. The molecule has 0 amide bonds. The molecule has 4 heteroatoms. The van der Waals surface area contributed by atoms with Gasteiger partial charge < -0.3 is 10.8 Å². The maximum atomic E-state index is 9.85. The van der Waals surface area contributed by atoms with Gasteiger partial charge in [-0.05, 0) is 6.26 Å². The molecule has 1 atom stereocenters. The molecule has 4 N–H and O–H groups in total. The molecule has 0 aromatic heterocycles. The molecule has 0 aliphatic carbocycles. The summed E-state index contributed by atoms with van der Waals surface area (Å²) >= 11 is 1.22. The molecule has 0 aliphatic rings. The Kier molecular flexibility index (Phi) is 2.78. The van der Waals surface area contributed by atoms with Gasteiger partial charge in [0.25, 0.3) is 0 Å². The van der Waals surface area contributed by atoms with Gasteiger partial charge in [0.05, 0.1) is 0 Å². The Morgan fingerprint density at radius 2 is 2.43 bits per heavy atom. The van der Waals surface area contributed by atoms with Crippen molar-refractivity contribution < 1.29 is 15.6 Å². The number of thioether (sulfide) groups is 1. The van der Waals surface area contributed by atoms with Crippen LogP contribution in [0.15, 0.2) is 0 Å². The minimum absolute atomic E-state index is 0.514. The normalized spacial score (nSPS) is 13.4. The fourth-order valence-electron chi connectivity index (χ4n) is 0.101. The lowest BCUT2D eigenvalue weighted by Gasteiger charge is -1.92. The van der Waals surface area contributed by atoms with Crippen LogP contribution < -0.4 is 5.73 Å². The topological polar surface area (TPSA) is 64.9 Å². The van der Waals surface area contributed by atoms with Crippen LogP contribution in [0, 0.1) is 0 Å². The lowest BCUT2D eigenvalue weighted by Crippen LogP contribution is -2.62. The molecule has 1 unspecified atom stereocenters. The van der Waals surface area contributed by atoms with Crippen molar-refractivity contribution in [3.05, 3.63) is 0 Å². The van der Waals surface area contributed by atoms with E-state index in [0.717, 1.165) is 0 Å². The number of quaternary nitrogens is 1. The van der Waals surface area contributed by atoms with E-state index in [1.165, 1.54) is 11.8 Å². The maximum Gasteiger partial charge on any atom is 0.373 e. The molecule has 7 heavy (non-hydrogen) atoms. The second-order valence-corrected chi connectivity index (χ2v) is 2.10. The molecule has 0 aromatic rings. The fraction of sp³-hybridized carbons (Fsp3) is 0.667. The molecule has 0 fully saturated rings. The summed E-state index contributed by atoms with van der Waals surface area (Å²) in [5, 5.41) is 7.58. The highest BCUT2D eigenvalue weighted by Gasteiger charge is 2.11. The first-order chi connectivity index (χ1) is 3.18. The van der Waals surface area contributed by atoms with Crippen LogP contribution in [0.2, 0.25) is 0 Å². The summed E-state index contributed by atoms with van der Waals surface area (Å²) < 4.78 is 0. The van der Waals surface area contributed by atoms with E-state index in [1.807, 2.05) is 0 Å². The van der Waals surface area contributed by atoms with Gasteiger partial charge in [0, 0.05) is 0 Å². The van der Waals surface area contributed by atoms with E-state index in [-0.39, 0.29) is 0 Å². The van der Waals surface area contributed by atoms with Crippen molar-refractivity contribution >= 4 is 17.7 Å². The Morgan fingerprint density at radius 3 is 2.43 bits per heavy atom. The minimum Gasteiger partial charge on any atom is -0.476 e. The molecular weight excluding hydrogens is 114 g/mol. The Balaban J connectivity index is 3.34. The van der Waals surface area contributed by atoms with Crippen LogP contribution >= 0.6 is 11.8 Å². The number of carboxylic acid groups (broad SMARTS) is 1. The van der Waals surface area contributed by atoms with Crippen molar-refractivity contribution in [2.75, 3.05) is 6.26 Å². The number of hydrogen-bond acceptors (Lipinski definition) is 2. The van der Waals surface area contributed by atoms with Crippen molar-refractivity contribution in [2.24, 2.45) is 0 Å². The summed E-state index contributed by atoms with van der Waals surface area (Å²) in [5.41, 5.74) is 3.32. The summed E-state index contributed by atoms with van der Waals surface area (Å²) in [7, 11) is 0. The van der Waals surface area contributed by atoms with E-state index in [1.54, 1.807) is 6.26 Å². The molecule has 3 nitrogen and oxygen atoms in total. The third kappa shape index (κ3) is 2.47. The van der Waals surface area contributed by atoms with Gasteiger partial charge in [0.1, 0.15) is 0 Å². The Labute approximate surface area is 45.9 Å². The SMILES string of the molecule is CSC([NH3+])C(=O)O. The monoisotopic (exact) mass is 122 g/mol. The van der Waals surface area contributed by atoms with Crippen LogP contribution in [0.1, 0.15) is 0 Å². The van der Waals surface area contributed by atoms with Gasteiger partial charge in [-0.25, -0.2) is 4.79 Å². The van der Waals surface area contributed by atoms with Gasteiger partial charge >= 0.3 is 5.97 Å². The van der Waals surface area contributed by atoms with Crippen molar-refractivity contribution in [1.82, 2.24) is 0 Å². The first kappa shape index (κ1) is 6.78. The van der Waals surface area contributed by atoms with Gasteiger partial charge in [0.15, 0.2) is 0 Å². The molecule has 0 bridgehead atoms. The standard InChI is InChI=1S/C3H7NO2S/c1-7-2(4)3(5)6/h2H,4H2,1H3,(H,5,6)/p+1. The lowest BCUT2D eigenvalue weighted by molar-refractivity contribution is -0.375. The van der Waals surface area contributed by atoms with Crippen molar-refractivity contribution in [3.8, 4) is 0 Å². The Bertz CT molecular complexity index is 75.3. The van der Waals surface area contributed by atoms with E-state index in [4.69, 9.17) is 5.11 Å². The van der Waals surface area contributed by atoms with E-state index >= 15 is 0 Å². The van der Waals surface area contributed by atoms with Gasteiger partial charge in [-0.2, -0.15) is 0 Å². The zero-order valence-corrected chi connectivity index (χ0v) is 4.86. The van der Waals surface area contributed by atoms with Crippen LogP contribution in [0.5, 0.6) is 0 Å². The number of carboxylic acids is 1. The molecule has 0 aromatic carbocycles. The Hall–Kier alpha value is -0.220. The molecule has 0 spiro atoms. The highest BCUT2D eigenvalue weighted by Crippen LogP contribution is 1.94. The van der Waals surface area contributed by atoms with E-state index < -0.39 is 11.3 Å². The van der Waals surface area contributed by atoms with Gasteiger partial charge in [-0.1, -0.05) is 11.8 Å². The summed E-state index contributed by atoms with van der Waals surface area (Å²) in [6.07, 6.45) is 1.71. The van der Waals surface area contributed by atoms with Gasteiger partial charge in [-0.3, -0.25) is 0 Å². The van der Waals surface area contributed by atoms with Crippen LogP contribution in [0.4, 0.5) is 0 Å². The highest BCUT2D eigenvalue weighted by molar-refractivity contribution is 7.99. The molecule has 0 saturated heterocycles. The summed E-state index contributed by atoms with van der Waals surface area (Å²) in [6.45, 7) is 0. The number of rotatable bonds is 2. The molecule has 0 radical (unpaired) electrons. The third-order valence-corrected chi connectivity index (χ3v) is 1.33. The van der Waals surface area contributed by atoms with Crippen LogP contribution in [0.25, 0.3) is 0 Å². The summed E-state index contributed by atoms with van der Waals surface area (Å²) in [6, 6.07) is 0. The quantitative estimate of drug-likeness (QED) is 0.462. The van der Waals surface area contributed by atoms with Crippen molar-refractivity contribution in [2.45, 2.75) is 5.37 Å². The number of hydrogen-bond donors (Lipinski definition) is 2. The largest absolute Gasteiger partial charge is 0.476 e. The summed E-state index contributed by atoms with van der Waals surface area (Å²) in [4.78, 5) is 9.85. The molecule has 0 aliphatic heterocycles.